The predicted molar refractivity (Wildman–Crippen MR) is 72.0 cm³/mol. The molecule has 1 aliphatic rings. The SMILES string of the molecule is Cc1c(Cl)cccc1NC(=O)N1CCC[C@H]1CO. The third-order valence-electron chi connectivity index (χ3n) is 3.36. The fourth-order valence-electron chi connectivity index (χ4n) is 2.22. The summed E-state index contributed by atoms with van der Waals surface area (Å²) in [5, 5.41) is 12.7. The van der Waals surface area contributed by atoms with E-state index in [0.29, 0.717) is 11.6 Å². The van der Waals surface area contributed by atoms with Crippen molar-refractivity contribution in [1.29, 1.82) is 0 Å². The molecule has 1 aromatic carbocycles. The molecule has 0 bridgehead atoms. The van der Waals surface area contributed by atoms with Crippen molar-refractivity contribution in [3.63, 3.8) is 0 Å². The van der Waals surface area contributed by atoms with E-state index in [1.165, 1.54) is 0 Å². The molecule has 0 saturated carbocycles. The molecule has 2 rings (SSSR count). The van der Waals surface area contributed by atoms with E-state index in [0.717, 1.165) is 24.1 Å². The lowest BCUT2D eigenvalue weighted by atomic mass is 10.2. The number of aliphatic hydroxyl groups excluding tert-OH is 1. The Morgan fingerprint density at radius 2 is 2.39 bits per heavy atom. The van der Waals surface area contributed by atoms with Gasteiger partial charge in [-0.15, -0.1) is 0 Å². The average Bonchev–Trinajstić information content (AvgIpc) is 2.83. The molecule has 98 valence electrons. The minimum Gasteiger partial charge on any atom is -0.394 e. The second-order valence-corrected chi connectivity index (χ2v) is 4.92. The molecule has 0 unspecified atom stereocenters. The second-order valence-electron chi connectivity index (χ2n) is 4.51. The number of rotatable bonds is 2. The van der Waals surface area contributed by atoms with Crippen molar-refractivity contribution in [2.75, 3.05) is 18.5 Å². The summed E-state index contributed by atoms with van der Waals surface area (Å²) in [6, 6.07) is 5.18. The number of carbonyl (C=O) groups excluding carboxylic acids is 1. The monoisotopic (exact) mass is 268 g/mol. The van der Waals surface area contributed by atoms with Gasteiger partial charge < -0.3 is 15.3 Å². The molecule has 0 aromatic heterocycles. The largest absolute Gasteiger partial charge is 0.394 e. The van der Waals surface area contributed by atoms with Gasteiger partial charge in [0.15, 0.2) is 0 Å². The molecule has 0 aliphatic carbocycles. The van der Waals surface area contributed by atoms with Crippen LogP contribution in [0.15, 0.2) is 18.2 Å². The van der Waals surface area contributed by atoms with Gasteiger partial charge in [-0.1, -0.05) is 17.7 Å². The van der Waals surface area contributed by atoms with Crippen molar-refractivity contribution < 1.29 is 9.90 Å². The number of likely N-dealkylation sites (tertiary alicyclic amines) is 1. The third-order valence-corrected chi connectivity index (χ3v) is 3.77. The summed E-state index contributed by atoms with van der Waals surface area (Å²) < 4.78 is 0. The molecular weight excluding hydrogens is 252 g/mol. The lowest BCUT2D eigenvalue weighted by Gasteiger charge is -2.23. The van der Waals surface area contributed by atoms with E-state index in [1.54, 1.807) is 17.0 Å². The Balaban J connectivity index is 2.09. The van der Waals surface area contributed by atoms with E-state index in [9.17, 15) is 9.90 Å². The predicted octanol–water partition coefficient (Wildman–Crippen LogP) is 2.64. The highest BCUT2D eigenvalue weighted by atomic mass is 35.5. The van der Waals surface area contributed by atoms with Crippen LogP contribution in [0.3, 0.4) is 0 Å². The van der Waals surface area contributed by atoms with E-state index >= 15 is 0 Å². The summed E-state index contributed by atoms with van der Waals surface area (Å²) in [7, 11) is 0. The Morgan fingerprint density at radius 1 is 1.61 bits per heavy atom. The maximum absolute atomic E-state index is 12.1. The van der Waals surface area contributed by atoms with E-state index in [2.05, 4.69) is 5.32 Å². The number of amides is 2. The number of halogens is 1. The van der Waals surface area contributed by atoms with Gasteiger partial charge in [0.2, 0.25) is 0 Å². The van der Waals surface area contributed by atoms with Gasteiger partial charge in [0.1, 0.15) is 0 Å². The highest BCUT2D eigenvalue weighted by Gasteiger charge is 2.28. The van der Waals surface area contributed by atoms with Crippen LogP contribution < -0.4 is 5.32 Å². The van der Waals surface area contributed by atoms with Gasteiger partial charge in [-0.25, -0.2) is 4.79 Å². The molecule has 1 saturated heterocycles. The Hall–Kier alpha value is -1.26. The summed E-state index contributed by atoms with van der Waals surface area (Å²) in [5.74, 6) is 0. The van der Waals surface area contributed by atoms with Crippen molar-refractivity contribution in [2.24, 2.45) is 0 Å². The van der Waals surface area contributed by atoms with Crippen molar-refractivity contribution in [1.82, 2.24) is 4.90 Å². The van der Waals surface area contributed by atoms with E-state index in [-0.39, 0.29) is 18.7 Å². The van der Waals surface area contributed by atoms with Crippen molar-refractivity contribution in [3.05, 3.63) is 28.8 Å². The molecule has 1 aliphatic heterocycles. The topological polar surface area (TPSA) is 52.6 Å². The van der Waals surface area contributed by atoms with Gasteiger partial charge in [0.25, 0.3) is 0 Å². The normalized spacial score (nSPS) is 19.1. The molecule has 5 heteroatoms. The number of hydrogen-bond acceptors (Lipinski definition) is 2. The molecule has 0 spiro atoms. The standard InChI is InChI=1S/C13H17ClN2O2/c1-9-11(14)5-2-6-12(9)15-13(18)16-7-3-4-10(16)8-17/h2,5-6,10,17H,3-4,7-8H2,1H3,(H,15,18)/t10-/m0/s1. The fraction of sp³-hybridized carbons (Fsp3) is 0.462. The molecule has 2 N–H and O–H groups in total. The second kappa shape index (κ2) is 5.59. The first-order chi connectivity index (χ1) is 8.63. The summed E-state index contributed by atoms with van der Waals surface area (Å²) >= 11 is 6.01. The number of hydrogen-bond donors (Lipinski definition) is 2. The van der Waals surface area contributed by atoms with Gasteiger partial charge in [-0.2, -0.15) is 0 Å². The summed E-state index contributed by atoms with van der Waals surface area (Å²) in [6.45, 7) is 2.57. The molecule has 18 heavy (non-hydrogen) atoms. The first-order valence-corrected chi connectivity index (χ1v) is 6.45. The zero-order chi connectivity index (χ0) is 13.1. The molecule has 4 nitrogen and oxygen atoms in total. The van der Waals surface area contributed by atoms with Crippen LogP contribution in [-0.4, -0.2) is 35.2 Å². The number of nitrogens with zero attached hydrogens (tertiary/aromatic N) is 1. The number of aliphatic hydroxyl groups is 1. The first kappa shape index (κ1) is 13.2. The Morgan fingerprint density at radius 3 is 3.11 bits per heavy atom. The molecule has 1 atom stereocenters. The smallest absolute Gasteiger partial charge is 0.322 e. The summed E-state index contributed by atoms with van der Waals surface area (Å²) in [4.78, 5) is 13.8. The molecule has 2 amide bonds. The van der Waals surface area contributed by atoms with Crippen molar-refractivity contribution in [3.8, 4) is 0 Å². The fourth-order valence-corrected chi connectivity index (χ4v) is 2.40. The van der Waals surface area contributed by atoms with Crippen LogP contribution in [0.4, 0.5) is 10.5 Å². The van der Waals surface area contributed by atoms with Gasteiger partial charge in [-0.3, -0.25) is 0 Å². The van der Waals surface area contributed by atoms with E-state index in [4.69, 9.17) is 11.6 Å². The molecule has 1 fully saturated rings. The Kier molecular flexibility index (Phi) is 4.09. The number of carbonyl (C=O) groups is 1. The van der Waals surface area contributed by atoms with Crippen LogP contribution in [0.5, 0.6) is 0 Å². The molecular formula is C13H17ClN2O2. The lowest BCUT2D eigenvalue weighted by Crippen LogP contribution is -2.40. The van der Waals surface area contributed by atoms with Crippen LogP contribution in [0.25, 0.3) is 0 Å². The third kappa shape index (κ3) is 2.60. The van der Waals surface area contributed by atoms with Gasteiger partial charge in [-0.05, 0) is 37.5 Å². The highest BCUT2D eigenvalue weighted by Crippen LogP contribution is 2.24. The van der Waals surface area contributed by atoms with Crippen LogP contribution in [0, 0.1) is 6.92 Å². The highest BCUT2D eigenvalue weighted by molar-refractivity contribution is 6.31. The van der Waals surface area contributed by atoms with Gasteiger partial charge in [0.05, 0.1) is 12.6 Å². The van der Waals surface area contributed by atoms with E-state index in [1.807, 2.05) is 13.0 Å². The number of anilines is 1. The Labute approximate surface area is 112 Å². The molecule has 1 heterocycles. The van der Waals surface area contributed by atoms with Crippen molar-refractivity contribution >= 4 is 23.3 Å². The number of nitrogens with one attached hydrogen (secondary N) is 1. The van der Waals surface area contributed by atoms with Gasteiger partial charge >= 0.3 is 6.03 Å². The van der Waals surface area contributed by atoms with Crippen LogP contribution >= 0.6 is 11.6 Å². The number of benzene rings is 1. The van der Waals surface area contributed by atoms with Crippen LogP contribution in [0.2, 0.25) is 5.02 Å². The van der Waals surface area contributed by atoms with Crippen LogP contribution in [0.1, 0.15) is 18.4 Å². The van der Waals surface area contributed by atoms with Crippen LogP contribution in [-0.2, 0) is 0 Å². The number of urea groups is 1. The Bertz CT molecular complexity index is 451. The molecule has 1 aromatic rings. The lowest BCUT2D eigenvalue weighted by molar-refractivity contribution is 0.166. The zero-order valence-corrected chi connectivity index (χ0v) is 11.1. The minimum atomic E-state index is -0.170. The molecule has 0 radical (unpaired) electrons. The van der Waals surface area contributed by atoms with E-state index < -0.39 is 0 Å². The average molecular weight is 269 g/mol. The summed E-state index contributed by atoms with van der Waals surface area (Å²) in [5.41, 5.74) is 1.57. The van der Waals surface area contributed by atoms with Crippen molar-refractivity contribution in [2.45, 2.75) is 25.8 Å². The maximum Gasteiger partial charge on any atom is 0.322 e. The maximum atomic E-state index is 12.1. The minimum absolute atomic E-state index is 0.0158. The van der Waals surface area contributed by atoms with Gasteiger partial charge in [0, 0.05) is 17.3 Å². The first-order valence-electron chi connectivity index (χ1n) is 6.07. The quantitative estimate of drug-likeness (QED) is 0.866. The summed E-state index contributed by atoms with van der Waals surface area (Å²) in [6.07, 6.45) is 1.80. The zero-order valence-electron chi connectivity index (χ0n) is 10.3.